The molecular formula is C28H48N6O2. The number of hydrogen-bond acceptors (Lipinski definition) is 8. The van der Waals surface area contributed by atoms with Crippen molar-refractivity contribution in [3.05, 3.63) is 35.0 Å². The van der Waals surface area contributed by atoms with Crippen molar-refractivity contribution < 1.29 is 9.05 Å². The molecule has 0 aromatic carbocycles. The monoisotopic (exact) mass is 500 g/mol. The van der Waals surface area contributed by atoms with E-state index in [2.05, 4.69) is 49.1 Å². The van der Waals surface area contributed by atoms with E-state index in [1.165, 1.54) is 84.2 Å². The van der Waals surface area contributed by atoms with Gasteiger partial charge in [0.1, 0.15) is 5.76 Å². The Kier molecular flexibility index (Phi) is 11.3. The van der Waals surface area contributed by atoms with Crippen LogP contribution in [0.25, 0.3) is 0 Å². The first-order valence-electron chi connectivity index (χ1n) is 14.4. The standard InChI is InChI=1S/C28H48N6O2/c1-25-22-26(29-35-25)10-6-3-4-8-12-33-18-20-34(21-19-33)24-28-23-27(30-36-28)11-7-5-9-13-32-16-14-31(2)15-17-32/h22-23H,3-21,24H2,1-2H3. The molecule has 0 bridgehead atoms. The molecule has 8 heteroatoms. The number of piperazine rings is 2. The van der Waals surface area contributed by atoms with Crippen LogP contribution in [0.3, 0.4) is 0 Å². The second-order valence-electron chi connectivity index (χ2n) is 11.0. The summed E-state index contributed by atoms with van der Waals surface area (Å²) in [7, 11) is 2.22. The average molecular weight is 501 g/mol. The highest BCUT2D eigenvalue weighted by Gasteiger charge is 2.18. The summed E-state index contributed by atoms with van der Waals surface area (Å²) >= 11 is 0. The maximum atomic E-state index is 5.66. The SMILES string of the molecule is Cc1cc(CCCCCCN2CCN(Cc3cc(CCCCCN4CCN(C)CC4)no3)CC2)no1. The summed E-state index contributed by atoms with van der Waals surface area (Å²) in [5, 5.41) is 8.42. The summed E-state index contributed by atoms with van der Waals surface area (Å²) in [4.78, 5) is 10.2. The normalized spacial score (nSPS) is 18.8. The van der Waals surface area contributed by atoms with Gasteiger partial charge in [-0.25, -0.2) is 0 Å². The molecule has 36 heavy (non-hydrogen) atoms. The van der Waals surface area contributed by atoms with Crippen molar-refractivity contribution in [1.82, 2.24) is 29.9 Å². The van der Waals surface area contributed by atoms with E-state index >= 15 is 0 Å². The predicted octanol–water partition coefficient (Wildman–Crippen LogP) is 3.85. The third-order valence-electron chi connectivity index (χ3n) is 7.79. The molecule has 0 saturated carbocycles. The molecular weight excluding hydrogens is 452 g/mol. The van der Waals surface area contributed by atoms with Gasteiger partial charge < -0.3 is 23.7 Å². The highest BCUT2D eigenvalue weighted by Crippen LogP contribution is 2.14. The van der Waals surface area contributed by atoms with Gasteiger partial charge in [0, 0.05) is 64.5 Å². The van der Waals surface area contributed by atoms with Gasteiger partial charge in [0.15, 0.2) is 5.76 Å². The molecule has 2 aromatic heterocycles. The first-order valence-corrected chi connectivity index (χ1v) is 14.4. The van der Waals surface area contributed by atoms with E-state index in [0.717, 1.165) is 68.5 Å². The number of aromatic nitrogens is 2. The smallest absolute Gasteiger partial charge is 0.150 e. The highest BCUT2D eigenvalue weighted by molar-refractivity contribution is 5.06. The van der Waals surface area contributed by atoms with Crippen LogP contribution in [0.4, 0.5) is 0 Å². The molecule has 0 amide bonds. The van der Waals surface area contributed by atoms with E-state index in [9.17, 15) is 0 Å². The zero-order chi connectivity index (χ0) is 25.0. The largest absolute Gasteiger partial charge is 0.361 e. The topological polar surface area (TPSA) is 65.0 Å². The van der Waals surface area contributed by atoms with Crippen molar-refractivity contribution >= 4 is 0 Å². The maximum Gasteiger partial charge on any atom is 0.150 e. The number of hydrogen-bond donors (Lipinski definition) is 0. The van der Waals surface area contributed by atoms with Gasteiger partial charge >= 0.3 is 0 Å². The second-order valence-corrected chi connectivity index (χ2v) is 11.0. The fourth-order valence-corrected chi connectivity index (χ4v) is 5.36. The molecule has 8 nitrogen and oxygen atoms in total. The molecule has 202 valence electrons. The minimum absolute atomic E-state index is 0.895. The van der Waals surface area contributed by atoms with Crippen LogP contribution in [0.1, 0.15) is 67.9 Å². The van der Waals surface area contributed by atoms with Crippen molar-refractivity contribution in [2.45, 2.75) is 71.3 Å². The van der Waals surface area contributed by atoms with E-state index in [-0.39, 0.29) is 0 Å². The predicted molar refractivity (Wildman–Crippen MR) is 143 cm³/mol. The van der Waals surface area contributed by atoms with Gasteiger partial charge in [-0.3, -0.25) is 4.90 Å². The lowest BCUT2D eigenvalue weighted by atomic mass is 10.1. The molecule has 2 aliphatic heterocycles. The minimum atomic E-state index is 0.895. The lowest BCUT2D eigenvalue weighted by molar-refractivity contribution is 0.117. The molecule has 4 heterocycles. The number of nitrogens with zero attached hydrogens (tertiary/aromatic N) is 6. The Bertz CT molecular complexity index is 852. The van der Waals surface area contributed by atoms with Gasteiger partial charge in [-0.2, -0.15) is 0 Å². The Labute approximate surface area is 217 Å². The molecule has 0 unspecified atom stereocenters. The molecule has 2 aromatic rings. The van der Waals surface area contributed by atoms with Crippen LogP contribution in [0.5, 0.6) is 0 Å². The highest BCUT2D eigenvalue weighted by atomic mass is 16.5. The number of rotatable bonds is 15. The zero-order valence-corrected chi connectivity index (χ0v) is 22.8. The van der Waals surface area contributed by atoms with E-state index in [1.807, 2.05) is 6.92 Å². The van der Waals surface area contributed by atoms with Crippen LogP contribution in [-0.4, -0.2) is 102 Å². The van der Waals surface area contributed by atoms with Gasteiger partial charge in [0.05, 0.1) is 17.9 Å². The van der Waals surface area contributed by atoms with Crippen molar-refractivity contribution in [3.8, 4) is 0 Å². The number of aryl methyl sites for hydroxylation is 3. The second kappa shape index (κ2) is 14.9. The summed E-state index contributed by atoms with van der Waals surface area (Å²) in [5.41, 5.74) is 2.22. The van der Waals surface area contributed by atoms with Crippen LogP contribution in [0, 0.1) is 6.92 Å². The van der Waals surface area contributed by atoms with Crippen molar-refractivity contribution in [1.29, 1.82) is 0 Å². The quantitative estimate of drug-likeness (QED) is 0.342. The van der Waals surface area contributed by atoms with Crippen molar-refractivity contribution in [2.75, 3.05) is 72.5 Å². The third kappa shape index (κ3) is 9.61. The molecule has 0 aliphatic carbocycles. The molecule has 0 radical (unpaired) electrons. The third-order valence-corrected chi connectivity index (χ3v) is 7.79. The Morgan fingerprint density at radius 1 is 0.639 bits per heavy atom. The molecule has 0 spiro atoms. The number of likely N-dealkylation sites (N-methyl/N-ethyl adjacent to an activating group) is 1. The summed E-state index contributed by atoms with van der Waals surface area (Å²) in [6.45, 7) is 14.7. The lowest BCUT2D eigenvalue weighted by Crippen LogP contribution is -2.46. The van der Waals surface area contributed by atoms with Crippen LogP contribution in [0.15, 0.2) is 21.2 Å². The van der Waals surface area contributed by atoms with Gasteiger partial charge in [-0.15, -0.1) is 0 Å². The van der Waals surface area contributed by atoms with Crippen LogP contribution in [0.2, 0.25) is 0 Å². The zero-order valence-electron chi connectivity index (χ0n) is 22.8. The van der Waals surface area contributed by atoms with Crippen LogP contribution in [-0.2, 0) is 19.4 Å². The van der Waals surface area contributed by atoms with E-state index < -0.39 is 0 Å². The van der Waals surface area contributed by atoms with E-state index in [1.54, 1.807) is 0 Å². The molecule has 4 rings (SSSR count). The minimum Gasteiger partial charge on any atom is -0.361 e. The molecule has 2 saturated heterocycles. The van der Waals surface area contributed by atoms with Crippen molar-refractivity contribution in [2.24, 2.45) is 0 Å². The van der Waals surface area contributed by atoms with Gasteiger partial charge in [-0.05, 0) is 65.6 Å². The molecule has 2 fully saturated rings. The van der Waals surface area contributed by atoms with E-state index in [4.69, 9.17) is 9.05 Å². The fourth-order valence-electron chi connectivity index (χ4n) is 5.36. The first-order chi connectivity index (χ1) is 17.6. The van der Waals surface area contributed by atoms with Gasteiger partial charge in [0.2, 0.25) is 0 Å². The van der Waals surface area contributed by atoms with Crippen molar-refractivity contribution in [3.63, 3.8) is 0 Å². The first kappa shape index (κ1) is 27.3. The Morgan fingerprint density at radius 3 is 1.81 bits per heavy atom. The lowest BCUT2D eigenvalue weighted by Gasteiger charge is -2.34. The number of unbranched alkanes of at least 4 members (excludes halogenated alkanes) is 5. The summed E-state index contributed by atoms with van der Waals surface area (Å²) in [6, 6.07) is 4.24. The summed E-state index contributed by atoms with van der Waals surface area (Å²) in [6.07, 6.45) is 10.9. The molecule has 2 aliphatic rings. The fraction of sp³-hybridized carbons (Fsp3) is 0.786. The maximum absolute atomic E-state index is 5.66. The van der Waals surface area contributed by atoms with Crippen LogP contribution < -0.4 is 0 Å². The van der Waals surface area contributed by atoms with Gasteiger partial charge in [0.25, 0.3) is 0 Å². The van der Waals surface area contributed by atoms with Gasteiger partial charge in [-0.1, -0.05) is 29.6 Å². The Hall–Kier alpha value is -1.74. The van der Waals surface area contributed by atoms with Crippen LogP contribution >= 0.6 is 0 Å². The Morgan fingerprint density at radius 2 is 1.17 bits per heavy atom. The molecule has 0 atom stereocenters. The van der Waals surface area contributed by atoms with E-state index in [0.29, 0.717) is 0 Å². The summed E-state index contributed by atoms with van der Waals surface area (Å²) < 4.78 is 10.8. The average Bonchev–Trinajstić information content (AvgIpc) is 3.51. The molecule has 0 N–H and O–H groups in total. The Balaban J connectivity index is 0.997. The summed E-state index contributed by atoms with van der Waals surface area (Å²) in [5.74, 6) is 1.94.